The summed E-state index contributed by atoms with van der Waals surface area (Å²) in [6, 6.07) is 8.86. The van der Waals surface area contributed by atoms with Crippen LogP contribution in [0.1, 0.15) is 44.2 Å². The van der Waals surface area contributed by atoms with Crippen LogP contribution in [0.3, 0.4) is 0 Å². The molecule has 1 heterocycles. The molecule has 0 bridgehead atoms. The minimum absolute atomic E-state index is 0.318. The van der Waals surface area contributed by atoms with E-state index in [1.807, 2.05) is 12.1 Å². The molecule has 0 radical (unpaired) electrons. The summed E-state index contributed by atoms with van der Waals surface area (Å²) in [5.74, 6) is 1.25. The van der Waals surface area contributed by atoms with E-state index in [4.69, 9.17) is 0 Å². The van der Waals surface area contributed by atoms with Gasteiger partial charge in [-0.3, -0.25) is 4.90 Å². The van der Waals surface area contributed by atoms with E-state index in [1.54, 1.807) is 6.07 Å². The molecule has 110 valence electrons. The predicted molar refractivity (Wildman–Crippen MR) is 81.8 cm³/mol. The van der Waals surface area contributed by atoms with E-state index >= 15 is 0 Å². The maximum atomic E-state index is 10.1. The fraction of sp³-hybridized carbons (Fsp3) is 0.647. The van der Waals surface area contributed by atoms with E-state index in [0.717, 1.165) is 30.6 Å². The van der Waals surface area contributed by atoms with Gasteiger partial charge in [-0.1, -0.05) is 18.2 Å². The first-order valence-corrected chi connectivity index (χ1v) is 8.00. The predicted octanol–water partition coefficient (Wildman–Crippen LogP) is 2.92. The highest BCUT2D eigenvalue weighted by Crippen LogP contribution is 2.38. The van der Waals surface area contributed by atoms with Crippen LogP contribution in [0.25, 0.3) is 0 Å². The number of phenolic OH excluding ortho intramolecular Hbond substituents is 1. The molecule has 1 aromatic carbocycles. The molecule has 1 aliphatic carbocycles. The van der Waals surface area contributed by atoms with Crippen molar-refractivity contribution in [2.75, 3.05) is 19.6 Å². The fourth-order valence-electron chi connectivity index (χ4n) is 3.41. The summed E-state index contributed by atoms with van der Waals surface area (Å²) in [5.41, 5.74) is 1.08. The third-order valence-corrected chi connectivity index (χ3v) is 4.83. The first-order chi connectivity index (χ1) is 9.75. The highest BCUT2D eigenvalue weighted by molar-refractivity contribution is 5.34. The van der Waals surface area contributed by atoms with Gasteiger partial charge in [0.25, 0.3) is 0 Å². The Kier molecular flexibility index (Phi) is 4.27. The van der Waals surface area contributed by atoms with Gasteiger partial charge < -0.3 is 10.4 Å². The summed E-state index contributed by atoms with van der Waals surface area (Å²) in [5, 5.41) is 13.5. The molecule has 1 unspecified atom stereocenters. The number of hydrogen-bond donors (Lipinski definition) is 2. The van der Waals surface area contributed by atoms with E-state index in [0.29, 0.717) is 11.8 Å². The lowest BCUT2D eigenvalue weighted by atomic mass is 9.95. The monoisotopic (exact) mass is 274 g/mol. The van der Waals surface area contributed by atoms with Crippen molar-refractivity contribution >= 4 is 0 Å². The first kappa shape index (κ1) is 13.9. The average Bonchev–Trinajstić information content (AvgIpc) is 3.30. The van der Waals surface area contributed by atoms with Crippen LogP contribution in [0.4, 0.5) is 0 Å². The Morgan fingerprint density at radius 1 is 1.20 bits per heavy atom. The lowest BCUT2D eigenvalue weighted by Crippen LogP contribution is -2.38. The average molecular weight is 274 g/mol. The van der Waals surface area contributed by atoms with Crippen molar-refractivity contribution in [2.24, 2.45) is 5.92 Å². The van der Waals surface area contributed by atoms with Crippen LogP contribution < -0.4 is 5.32 Å². The molecule has 2 fully saturated rings. The molecule has 3 heteroatoms. The van der Waals surface area contributed by atoms with E-state index in [1.165, 1.54) is 32.2 Å². The molecular formula is C17H26N2O. The number of nitrogens with one attached hydrogen (secondary N) is 1. The van der Waals surface area contributed by atoms with E-state index in [-0.39, 0.29) is 0 Å². The third kappa shape index (κ3) is 3.15. The van der Waals surface area contributed by atoms with Gasteiger partial charge in [0.2, 0.25) is 0 Å². The molecule has 3 nitrogen and oxygen atoms in total. The van der Waals surface area contributed by atoms with Crippen LogP contribution in [-0.2, 0) is 0 Å². The largest absolute Gasteiger partial charge is 0.508 e. The van der Waals surface area contributed by atoms with Crippen molar-refractivity contribution in [2.45, 2.75) is 44.7 Å². The maximum Gasteiger partial charge on any atom is 0.120 e. The second kappa shape index (κ2) is 6.15. The number of rotatable bonds is 5. The van der Waals surface area contributed by atoms with Crippen molar-refractivity contribution < 1.29 is 5.11 Å². The van der Waals surface area contributed by atoms with Crippen LogP contribution in [0.5, 0.6) is 5.75 Å². The summed E-state index contributed by atoms with van der Waals surface area (Å²) < 4.78 is 0. The minimum atomic E-state index is 0.318. The normalized spacial score (nSPS) is 22.1. The lowest BCUT2D eigenvalue weighted by molar-refractivity contribution is 0.150. The zero-order valence-corrected chi connectivity index (χ0v) is 12.4. The molecular weight excluding hydrogens is 248 g/mol. The van der Waals surface area contributed by atoms with Gasteiger partial charge in [0.15, 0.2) is 0 Å². The summed E-state index contributed by atoms with van der Waals surface area (Å²) in [4.78, 5) is 2.63. The van der Waals surface area contributed by atoms with Crippen molar-refractivity contribution in [3.05, 3.63) is 29.8 Å². The Bertz CT molecular complexity index is 438. The Morgan fingerprint density at radius 2 is 1.90 bits per heavy atom. The molecule has 1 atom stereocenters. The van der Waals surface area contributed by atoms with Crippen LogP contribution in [0.15, 0.2) is 24.3 Å². The molecule has 2 aliphatic rings. The van der Waals surface area contributed by atoms with Gasteiger partial charge in [-0.05, 0) is 57.7 Å². The highest BCUT2D eigenvalue weighted by atomic mass is 16.3. The number of aromatic hydroxyl groups is 1. The summed E-state index contributed by atoms with van der Waals surface area (Å²) in [6.45, 7) is 5.75. The quantitative estimate of drug-likeness (QED) is 0.866. The second-order valence-electron chi connectivity index (χ2n) is 6.36. The number of hydrogen-bond acceptors (Lipinski definition) is 3. The van der Waals surface area contributed by atoms with Crippen LogP contribution in [0, 0.1) is 5.92 Å². The number of benzene rings is 1. The number of para-hydroxylation sites is 1. The van der Waals surface area contributed by atoms with Gasteiger partial charge in [-0.2, -0.15) is 0 Å². The Morgan fingerprint density at radius 3 is 2.55 bits per heavy atom. The van der Waals surface area contributed by atoms with Crippen molar-refractivity contribution in [1.29, 1.82) is 0 Å². The first-order valence-electron chi connectivity index (χ1n) is 8.00. The molecule has 20 heavy (non-hydrogen) atoms. The zero-order valence-electron chi connectivity index (χ0n) is 12.4. The molecule has 0 amide bonds. The molecule has 0 spiro atoms. The van der Waals surface area contributed by atoms with Crippen LogP contribution >= 0.6 is 0 Å². The lowest BCUT2D eigenvalue weighted by Gasteiger charge is -2.34. The minimum Gasteiger partial charge on any atom is -0.508 e. The third-order valence-electron chi connectivity index (χ3n) is 4.83. The molecule has 1 aliphatic heterocycles. The molecule has 2 N–H and O–H groups in total. The molecule has 0 aromatic heterocycles. The van der Waals surface area contributed by atoms with E-state index < -0.39 is 0 Å². The molecule has 1 saturated carbocycles. The second-order valence-corrected chi connectivity index (χ2v) is 6.36. The smallest absolute Gasteiger partial charge is 0.120 e. The molecule has 3 rings (SSSR count). The summed E-state index contributed by atoms with van der Waals surface area (Å²) >= 11 is 0. The Balaban J connectivity index is 1.71. The number of piperidine rings is 1. The van der Waals surface area contributed by atoms with Gasteiger partial charge in [0.05, 0.1) is 0 Å². The van der Waals surface area contributed by atoms with Gasteiger partial charge in [-0.15, -0.1) is 0 Å². The number of phenols is 1. The van der Waals surface area contributed by atoms with Crippen LogP contribution in [-0.4, -0.2) is 35.7 Å². The Labute approximate surface area is 122 Å². The van der Waals surface area contributed by atoms with Gasteiger partial charge in [0.1, 0.15) is 5.75 Å². The highest BCUT2D eigenvalue weighted by Gasteiger charge is 2.34. The van der Waals surface area contributed by atoms with Gasteiger partial charge >= 0.3 is 0 Å². The summed E-state index contributed by atoms with van der Waals surface area (Å²) in [7, 11) is 0. The van der Waals surface area contributed by atoms with Crippen LogP contribution in [0.2, 0.25) is 0 Å². The Hall–Kier alpha value is -1.06. The molecule has 1 saturated heterocycles. The van der Waals surface area contributed by atoms with Gasteiger partial charge in [0, 0.05) is 24.2 Å². The number of nitrogens with zero attached hydrogens (tertiary/aromatic N) is 1. The zero-order chi connectivity index (χ0) is 13.9. The SMILES string of the molecule is CC(c1ccccc1O)N(CC1CCNCC1)C1CC1. The topological polar surface area (TPSA) is 35.5 Å². The van der Waals surface area contributed by atoms with E-state index in [9.17, 15) is 5.11 Å². The summed E-state index contributed by atoms with van der Waals surface area (Å²) in [6.07, 6.45) is 5.22. The van der Waals surface area contributed by atoms with Crippen molar-refractivity contribution in [3.8, 4) is 5.75 Å². The molecule has 1 aromatic rings. The maximum absolute atomic E-state index is 10.1. The van der Waals surface area contributed by atoms with Crippen molar-refractivity contribution in [1.82, 2.24) is 10.2 Å². The standard InChI is InChI=1S/C17H26N2O/c1-13(16-4-2-3-5-17(16)20)19(15-6-7-15)12-14-8-10-18-11-9-14/h2-5,13-15,18,20H,6-12H2,1H3. The van der Waals surface area contributed by atoms with E-state index in [2.05, 4.69) is 23.2 Å². The van der Waals surface area contributed by atoms with Gasteiger partial charge in [-0.25, -0.2) is 0 Å². The van der Waals surface area contributed by atoms with Crippen molar-refractivity contribution in [3.63, 3.8) is 0 Å². The fourth-order valence-corrected chi connectivity index (χ4v) is 3.41.